The minimum atomic E-state index is 0.0555. The number of rotatable bonds is 5. The van der Waals surface area contributed by atoms with E-state index in [1.54, 1.807) is 13.3 Å². The van der Waals surface area contributed by atoms with Crippen LogP contribution in [0, 0.1) is 6.92 Å². The third-order valence-electron chi connectivity index (χ3n) is 5.54. The molecule has 0 aliphatic carbocycles. The van der Waals surface area contributed by atoms with Gasteiger partial charge in [0.15, 0.2) is 0 Å². The minimum absolute atomic E-state index is 0.0555. The van der Waals surface area contributed by atoms with Gasteiger partial charge in [0.05, 0.1) is 30.3 Å². The Hall–Kier alpha value is -2.64. The summed E-state index contributed by atoms with van der Waals surface area (Å²) in [6, 6.07) is 16.1. The van der Waals surface area contributed by atoms with Gasteiger partial charge in [-0.3, -0.25) is 9.69 Å². The zero-order valence-electron chi connectivity index (χ0n) is 17.2. The molecule has 2 aromatic carbocycles. The number of methoxy groups -OCH3 is 1. The summed E-state index contributed by atoms with van der Waals surface area (Å²) in [5, 5.41) is 4.45. The Kier molecular flexibility index (Phi) is 6.20. The monoisotopic (exact) mass is 468 g/mol. The first-order chi connectivity index (χ1) is 14.5. The van der Waals surface area contributed by atoms with Crippen LogP contribution in [0.4, 0.5) is 0 Å². The van der Waals surface area contributed by atoms with E-state index in [2.05, 4.69) is 38.1 Å². The van der Waals surface area contributed by atoms with Crippen LogP contribution >= 0.6 is 15.9 Å². The molecule has 1 aliphatic heterocycles. The Bertz CT molecular complexity index is 1010. The molecule has 30 heavy (non-hydrogen) atoms. The number of carbonyl (C=O) groups is 1. The fourth-order valence-electron chi connectivity index (χ4n) is 3.73. The molecule has 0 N–H and O–H groups in total. The highest BCUT2D eigenvalue weighted by molar-refractivity contribution is 9.10. The summed E-state index contributed by atoms with van der Waals surface area (Å²) in [5.41, 5.74) is 3.73. The Balaban J connectivity index is 1.38. The number of amides is 1. The van der Waals surface area contributed by atoms with Gasteiger partial charge in [0.2, 0.25) is 0 Å². The summed E-state index contributed by atoms with van der Waals surface area (Å²) in [7, 11) is 1.68. The predicted octanol–water partition coefficient (Wildman–Crippen LogP) is 3.91. The van der Waals surface area contributed by atoms with Crippen LogP contribution in [0.5, 0.6) is 5.75 Å². The molecule has 2 heterocycles. The van der Waals surface area contributed by atoms with Gasteiger partial charge < -0.3 is 9.64 Å². The predicted molar refractivity (Wildman–Crippen MR) is 120 cm³/mol. The first kappa shape index (κ1) is 20.6. The van der Waals surface area contributed by atoms with Crippen molar-refractivity contribution in [3.63, 3.8) is 0 Å². The number of ether oxygens (including phenoxy) is 1. The van der Waals surface area contributed by atoms with Crippen molar-refractivity contribution in [2.45, 2.75) is 13.5 Å². The molecule has 156 valence electrons. The van der Waals surface area contributed by atoms with Crippen molar-refractivity contribution in [2.24, 2.45) is 0 Å². The summed E-state index contributed by atoms with van der Waals surface area (Å²) in [6.45, 7) is 5.99. The van der Waals surface area contributed by atoms with Gasteiger partial charge in [-0.25, -0.2) is 4.68 Å². The molecule has 0 unspecified atom stereocenters. The highest BCUT2D eigenvalue weighted by atomic mass is 79.9. The molecule has 1 saturated heterocycles. The summed E-state index contributed by atoms with van der Waals surface area (Å²) in [4.78, 5) is 17.4. The van der Waals surface area contributed by atoms with Gasteiger partial charge in [0.25, 0.3) is 5.91 Å². The molecular formula is C23H25BrN4O2. The number of aromatic nitrogens is 2. The third kappa shape index (κ3) is 4.42. The van der Waals surface area contributed by atoms with E-state index in [4.69, 9.17) is 4.74 Å². The second-order valence-electron chi connectivity index (χ2n) is 7.45. The van der Waals surface area contributed by atoms with Gasteiger partial charge in [0.1, 0.15) is 5.75 Å². The standard InChI is InChI=1S/C23H25BrN4O2/c1-17-22(15-25-28(17)20-7-5-19(24)6-8-20)23(29)27-13-11-26(12-14-27)16-18-3-9-21(30-2)10-4-18/h3-10,15H,11-14,16H2,1-2H3. The van der Waals surface area contributed by atoms with Crippen LogP contribution in [-0.4, -0.2) is 58.8 Å². The van der Waals surface area contributed by atoms with E-state index in [1.807, 2.05) is 52.9 Å². The summed E-state index contributed by atoms with van der Waals surface area (Å²) in [5.74, 6) is 0.924. The van der Waals surface area contributed by atoms with E-state index < -0.39 is 0 Å². The van der Waals surface area contributed by atoms with Crippen LogP contribution in [0.15, 0.2) is 59.2 Å². The fraction of sp³-hybridized carbons (Fsp3) is 0.304. The van der Waals surface area contributed by atoms with Crippen molar-refractivity contribution < 1.29 is 9.53 Å². The Morgan fingerprint density at radius 3 is 2.33 bits per heavy atom. The lowest BCUT2D eigenvalue weighted by molar-refractivity contribution is 0.0627. The molecular weight excluding hydrogens is 444 g/mol. The van der Waals surface area contributed by atoms with E-state index in [0.717, 1.165) is 54.3 Å². The first-order valence-electron chi connectivity index (χ1n) is 10.0. The number of hydrogen-bond donors (Lipinski definition) is 0. The lowest BCUT2D eigenvalue weighted by atomic mass is 10.1. The number of halogens is 1. The van der Waals surface area contributed by atoms with Crippen LogP contribution in [0.1, 0.15) is 21.6 Å². The Morgan fingerprint density at radius 1 is 1.03 bits per heavy atom. The smallest absolute Gasteiger partial charge is 0.257 e. The van der Waals surface area contributed by atoms with Crippen LogP contribution in [0.25, 0.3) is 5.69 Å². The summed E-state index contributed by atoms with van der Waals surface area (Å²) >= 11 is 3.45. The van der Waals surface area contributed by atoms with Crippen LogP contribution in [0.2, 0.25) is 0 Å². The topological polar surface area (TPSA) is 50.6 Å². The molecule has 1 amide bonds. The normalized spacial score (nSPS) is 14.7. The molecule has 1 fully saturated rings. The molecule has 0 radical (unpaired) electrons. The molecule has 0 atom stereocenters. The molecule has 1 aromatic heterocycles. The molecule has 0 spiro atoms. The largest absolute Gasteiger partial charge is 0.497 e. The second-order valence-corrected chi connectivity index (χ2v) is 8.36. The quantitative estimate of drug-likeness (QED) is 0.569. The van der Waals surface area contributed by atoms with Crippen LogP contribution in [-0.2, 0) is 6.54 Å². The summed E-state index contributed by atoms with van der Waals surface area (Å²) < 4.78 is 8.05. The maximum Gasteiger partial charge on any atom is 0.257 e. The SMILES string of the molecule is COc1ccc(CN2CCN(C(=O)c3cnn(-c4ccc(Br)cc4)c3C)CC2)cc1. The number of piperazine rings is 1. The van der Waals surface area contributed by atoms with Gasteiger partial charge in [-0.1, -0.05) is 28.1 Å². The van der Waals surface area contributed by atoms with Gasteiger partial charge in [-0.05, 0) is 48.9 Å². The minimum Gasteiger partial charge on any atom is -0.497 e. The van der Waals surface area contributed by atoms with Gasteiger partial charge in [0, 0.05) is 37.2 Å². The number of carbonyl (C=O) groups excluding carboxylic acids is 1. The average molecular weight is 469 g/mol. The van der Waals surface area contributed by atoms with Crippen LogP contribution < -0.4 is 4.74 Å². The highest BCUT2D eigenvalue weighted by Crippen LogP contribution is 2.20. The highest BCUT2D eigenvalue weighted by Gasteiger charge is 2.25. The maximum atomic E-state index is 13.1. The maximum absolute atomic E-state index is 13.1. The van der Waals surface area contributed by atoms with Crippen molar-refractivity contribution in [1.82, 2.24) is 19.6 Å². The van der Waals surface area contributed by atoms with Gasteiger partial charge in [-0.15, -0.1) is 0 Å². The molecule has 0 saturated carbocycles. The third-order valence-corrected chi connectivity index (χ3v) is 6.06. The van der Waals surface area contributed by atoms with Crippen molar-refractivity contribution >= 4 is 21.8 Å². The molecule has 3 aromatic rings. The van der Waals surface area contributed by atoms with Crippen molar-refractivity contribution in [1.29, 1.82) is 0 Å². The van der Waals surface area contributed by atoms with Gasteiger partial charge >= 0.3 is 0 Å². The zero-order chi connectivity index (χ0) is 21.1. The van der Waals surface area contributed by atoms with E-state index >= 15 is 0 Å². The number of benzene rings is 2. The Labute approximate surface area is 185 Å². The molecule has 1 aliphatic rings. The molecule has 7 heteroatoms. The summed E-state index contributed by atoms with van der Waals surface area (Å²) in [6.07, 6.45) is 1.68. The first-order valence-corrected chi connectivity index (χ1v) is 10.8. The van der Waals surface area contributed by atoms with Crippen LogP contribution in [0.3, 0.4) is 0 Å². The van der Waals surface area contributed by atoms with E-state index in [0.29, 0.717) is 5.56 Å². The fourth-order valence-corrected chi connectivity index (χ4v) is 4.00. The number of nitrogens with zero attached hydrogens (tertiary/aromatic N) is 4. The molecule has 0 bridgehead atoms. The molecule has 6 nitrogen and oxygen atoms in total. The van der Waals surface area contributed by atoms with E-state index in [-0.39, 0.29) is 5.91 Å². The zero-order valence-corrected chi connectivity index (χ0v) is 18.8. The van der Waals surface area contributed by atoms with E-state index in [1.165, 1.54) is 5.56 Å². The van der Waals surface area contributed by atoms with Crippen molar-refractivity contribution in [3.8, 4) is 11.4 Å². The Morgan fingerprint density at radius 2 is 1.70 bits per heavy atom. The lowest BCUT2D eigenvalue weighted by Gasteiger charge is -2.34. The second kappa shape index (κ2) is 9.02. The van der Waals surface area contributed by atoms with Crippen molar-refractivity contribution in [3.05, 3.63) is 76.0 Å². The van der Waals surface area contributed by atoms with Gasteiger partial charge in [-0.2, -0.15) is 5.10 Å². The lowest BCUT2D eigenvalue weighted by Crippen LogP contribution is -2.48. The molecule has 4 rings (SSSR count). The van der Waals surface area contributed by atoms with Crippen molar-refractivity contribution in [2.75, 3.05) is 33.3 Å². The number of hydrogen-bond acceptors (Lipinski definition) is 4. The average Bonchev–Trinajstić information content (AvgIpc) is 3.16. The van der Waals surface area contributed by atoms with E-state index in [9.17, 15) is 4.79 Å².